The molecule has 1 aromatic carbocycles. The molecule has 1 heterocycles. The first-order valence-electron chi connectivity index (χ1n) is 6.62. The highest BCUT2D eigenvalue weighted by molar-refractivity contribution is 7.16. The lowest BCUT2D eigenvalue weighted by Gasteiger charge is -1.99. The van der Waals surface area contributed by atoms with E-state index >= 15 is 0 Å². The molecule has 0 aliphatic heterocycles. The fraction of sp³-hybridized carbons (Fsp3) is 0.188. The van der Waals surface area contributed by atoms with E-state index in [-0.39, 0.29) is 12.5 Å². The molecule has 21 heavy (non-hydrogen) atoms. The van der Waals surface area contributed by atoms with Crippen molar-refractivity contribution in [3.05, 3.63) is 52.4 Å². The Balaban J connectivity index is 2.00. The van der Waals surface area contributed by atoms with Crippen LogP contribution < -0.4 is 5.32 Å². The number of halogens is 1. The van der Waals surface area contributed by atoms with Crippen molar-refractivity contribution in [2.45, 2.75) is 6.42 Å². The van der Waals surface area contributed by atoms with Crippen molar-refractivity contribution in [2.24, 2.45) is 0 Å². The first-order valence-corrected chi connectivity index (χ1v) is 7.81. The Morgan fingerprint density at radius 1 is 1.29 bits per heavy atom. The maximum absolute atomic E-state index is 11.5. The monoisotopic (exact) mass is 321 g/mol. The summed E-state index contributed by atoms with van der Waals surface area (Å²) in [4.78, 5) is 13.6. The lowest BCUT2D eigenvalue weighted by Crippen LogP contribution is -2.22. The zero-order valence-electron chi connectivity index (χ0n) is 11.4. The summed E-state index contributed by atoms with van der Waals surface area (Å²) < 4.78 is 0. The van der Waals surface area contributed by atoms with E-state index in [2.05, 4.69) is 5.32 Å². The summed E-state index contributed by atoms with van der Waals surface area (Å²) in [5, 5.41) is 12.1. The Morgan fingerprint density at radius 2 is 2.10 bits per heavy atom. The van der Waals surface area contributed by atoms with Crippen molar-refractivity contribution in [1.82, 2.24) is 5.32 Å². The molecule has 2 rings (SSSR count). The van der Waals surface area contributed by atoms with E-state index in [1.54, 1.807) is 17.4 Å². The first kappa shape index (κ1) is 15.8. The fourth-order valence-electron chi connectivity index (χ4n) is 1.76. The Kier molecular flexibility index (Phi) is 5.99. The van der Waals surface area contributed by atoms with E-state index in [9.17, 15) is 4.79 Å². The van der Waals surface area contributed by atoms with Gasteiger partial charge in [-0.1, -0.05) is 29.8 Å². The molecular weight excluding hydrogens is 306 g/mol. The van der Waals surface area contributed by atoms with E-state index in [1.807, 2.05) is 36.4 Å². The van der Waals surface area contributed by atoms with Gasteiger partial charge in [0.15, 0.2) is 0 Å². The summed E-state index contributed by atoms with van der Waals surface area (Å²) in [7, 11) is 0. The lowest BCUT2D eigenvalue weighted by atomic mass is 10.2. The summed E-state index contributed by atoms with van der Waals surface area (Å²) >= 11 is 7.75. The van der Waals surface area contributed by atoms with Gasteiger partial charge in [0.2, 0.25) is 5.91 Å². The molecule has 1 aromatic heterocycles. The molecule has 0 radical (unpaired) electrons. The van der Waals surface area contributed by atoms with Crippen LogP contribution in [0.2, 0.25) is 5.02 Å². The van der Waals surface area contributed by atoms with Crippen molar-refractivity contribution in [1.29, 1.82) is 0 Å². The van der Waals surface area contributed by atoms with Crippen LogP contribution in [0.5, 0.6) is 0 Å². The van der Waals surface area contributed by atoms with Gasteiger partial charge >= 0.3 is 0 Å². The molecule has 2 aromatic rings. The predicted octanol–water partition coefficient (Wildman–Crippen LogP) is 3.58. The fourth-order valence-corrected chi connectivity index (χ4v) is 3.00. The molecule has 1 amide bonds. The van der Waals surface area contributed by atoms with Crippen molar-refractivity contribution < 1.29 is 9.90 Å². The molecule has 0 aliphatic carbocycles. The quantitative estimate of drug-likeness (QED) is 0.631. The number of nitrogens with one attached hydrogen (secondary N) is 1. The van der Waals surface area contributed by atoms with Crippen LogP contribution in [-0.4, -0.2) is 24.2 Å². The van der Waals surface area contributed by atoms with Crippen LogP contribution in [0.4, 0.5) is 0 Å². The third kappa shape index (κ3) is 4.70. The summed E-state index contributed by atoms with van der Waals surface area (Å²) in [6, 6.07) is 11.6. The zero-order chi connectivity index (χ0) is 15.1. The van der Waals surface area contributed by atoms with Crippen LogP contribution in [0.3, 0.4) is 0 Å². The molecule has 0 unspecified atom stereocenters. The smallest absolute Gasteiger partial charge is 0.244 e. The van der Waals surface area contributed by atoms with Crippen molar-refractivity contribution in [3.8, 4) is 10.4 Å². The van der Waals surface area contributed by atoms with E-state index < -0.39 is 0 Å². The van der Waals surface area contributed by atoms with Crippen LogP contribution in [-0.2, 0) is 4.79 Å². The molecule has 3 nitrogen and oxygen atoms in total. The lowest BCUT2D eigenvalue weighted by molar-refractivity contribution is -0.116. The predicted molar refractivity (Wildman–Crippen MR) is 88.5 cm³/mol. The second kappa shape index (κ2) is 7.98. The number of benzene rings is 1. The summed E-state index contributed by atoms with van der Waals surface area (Å²) in [6.07, 6.45) is 3.84. The van der Waals surface area contributed by atoms with Gasteiger partial charge in [-0.15, -0.1) is 11.3 Å². The standard InChI is InChI=1S/C16H16ClNO2S/c17-14-5-2-1-4-13(14)15-8-6-12(21-15)7-9-16(20)18-10-3-11-19/h1-2,4-9,19H,3,10-11H2,(H,18,20)/b9-7+. The van der Waals surface area contributed by atoms with Gasteiger partial charge < -0.3 is 10.4 Å². The second-order valence-electron chi connectivity index (χ2n) is 4.38. The molecule has 0 spiro atoms. The minimum absolute atomic E-state index is 0.0795. The number of thiophene rings is 1. The highest BCUT2D eigenvalue weighted by Crippen LogP contribution is 2.33. The third-order valence-corrected chi connectivity index (χ3v) is 4.21. The number of carbonyl (C=O) groups excluding carboxylic acids is 1. The number of amides is 1. The minimum Gasteiger partial charge on any atom is -0.396 e. The van der Waals surface area contributed by atoms with Gasteiger partial charge in [-0.05, 0) is 30.7 Å². The van der Waals surface area contributed by atoms with Crippen molar-refractivity contribution >= 4 is 34.9 Å². The number of hydrogen-bond acceptors (Lipinski definition) is 3. The van der Waals surface area contributed by atoms with E-state index in [4.69, 9.17) is 16.7 Å². The van der Waals surface area contributed by atoms with Crippen LogP contribution in [0, 0.1) is 0 Å². The van der Waals surface area contributed by atoms with Gasteiger partial charge in [-0.2, -0.15) is 0 Å². The summed E-state index contributed by atoms with van der Waals surface area (Å²) in [5.74, 6) is -0.156. The van der Waals surface area contributed by atoms with E-state index in [0.29, 0.717) is 13.0 Å². The largest absolute Gasteiger partial charge is 0.396 e. The third-order valence-electron chi connectivity index (χ3n) is 2.80. The van der Waals surface area contributed by atoms with Crippen LogP contribution >= 0.6 is 22.9 Å². The van der Waals surface area contributed by atoms with E-state index in [0.717, 1.165) is 20.3 Å². The van der Waals surface area contributed by atoms with Crippen LogP contribution in [0.15, 0.2) is 42.5 Å². The van der Waals surface area contributed by atoms with Gasteiger partial charge in [-0.25, -0.2) is 0 Å². The molecule has 0 atom stereocenters. The molecule has 0 fully saturated rings. The average Bonchev–Trinajstić information content (AvgIpc) is 2.94. The second-order valence-corrected chi connectivity index (χ2v) is 5.91. The summed E-state index contributed by atoms with van der Waals surface area (Å²) in [6.45, 7) is 0.561. The van der Waals surface area contributed by atoms with Crippen LogP contribution in [0.25, 0.3) is 16.5 Å². The molecule has 110 valence electrons. The number of carbonyl (C=O) groups is 1. The van der Waals surface area contributed by atoms with Gasteiger partial charge in [-0.3, -0.25) is 4.79 Å². The molecule has 2 N–H and O–H groups in total. The number of rotatable bonds is 6. The normalized spacial score (nSPS) is 11.0. The molecule has 0 saturated carbocycles. The number of hydrogen-bond donors (Lipinski definition) is 2. The minimum atomic E-state index is -0.156. The maximum Gasteiger partial charge on any atom is 0.244 e. The van der Waals surface area contributed by atoms with Gasteiger partial charge in [0.1, 0.15) is 0 Å². The number of aliphatic hydroxyl groups excluding tert-OH is 1. The molecular formula is C16H16ClNO2S. The molecule has 5 heteroatoms. The summed E-state index contributed by atoms with van der Waals surface area (Å²) in [5.41, 5.74) is 0.996. The maximum atomic E-state index is 11.5. The Hall–Kier alpha value is -1.62. The van der Waals surface area contributed by atoms with Crippen LogP contribution in [0.1, 0.15) is 11.3 Å². The average molecular weight is 322 g/mol. The molecule has 0 bridgehead atoms. The Bertz CT molecular complexity index is 637. The van der Waals surface area contributed by atoms with Gasteiger partial charge in [0.25, 0.3) is 0 Å². The first-order chi connectivity index (χ1) is 10.2. The molecule has 0 saturated heterocycles. The highest BCUT2D eigenvalue weighted by atomic mass is 35.5. The zero-order valence-corrected chi connectivity index (χ0v) is 13.0. The van der Waals surface area contributed by atoms with Crippen molar-refractivity contribution in [3.63, 3.8) is 0 Å². The Morgan fingerprint density at radius 3 is 2.86 bits per heavy atom. The highest BCUT2D eigenvalue weighted by Gasteiger charge is 2.05. The van der Waals surface area contributed by atoms with E-state index in [1.165, 1.54) is 6.08 Å². The van der Waals surface area contributed by atoms with Crippen molar-refractivity contribution in [2.75, 3.05) is 13.2 Å². The number of aliphatic hydroxyl groups is 1. The molecule has 0 aliphatic rings. The Labute approximate surface area is 132 Å². The topological polar surface area (TPSA) is 49.3 Å². The van der Waals surface area contributed by atoms with Gasteiger partial charge in [0, 0.05) is 39.6 Å². The SMILES string of the molecule is O=C(/C=C/c1ccc(-c2ccccc2Cl)s1)NCCCO. The van der Waals surface area contributed by atoms with Gasteiger partial charge in [0.05, 0.1) is 0 Å².